The van der Waals surface area contributed by atoms with Gasteiger partial charge in [0.1, 0.15) is 12.6 Å². The largest absolute Gasteiger partial charge is 0.460 e. The Morgan fingerprint density at radius 1 is 1.19 bits per heavy atom. The molecule has 3 N–H and O–H groups in total. The standard InChI is InChI=1S/C27H44N2O3/c1-18(15-17-32-26(31)23(6)29-25(30)22(5)28)11-12-19(2)20(3)13-14-24-21(4)10-9-16-27(24,7)8/h11-13,15,19,22-23H,9-10,14,16-17,28H2,1-8H3,(H,29,30)/t19?,22-,23-/m0/s1. The number of esters is 1. The third kappa shape index (κ3) is 9.15. The van der Waals surface area contributed by atoms with E-state index in [4.69, 9.17) is 10.5 Å². The molecule has 1 aliphatic rings. The molecule has 32 heavy (non-hydrogen) atoms. The minimum atomic E-state index is -0.724. The number of carbonyl (C=O) groups is 2. The predicted octanol–water partition coefficient (Wildman–Crippen LogP) is 5.38. The zero-order chi connectivity index (χ0) is 24.5. The molecule has 0 radical (unpaired) electrons. The van der Waals surface area contributed by atoms with Crippen molar-refractivity contribution in [2.24, 2.45) is 17.1 Å². The molecule has 0 spiro atoms. The Morgan fingerprint density at radius 2 is 1.84 bits per heavy atom. The smallest absolute Gasteiger partial charge is 0.328 e. The lowest BCUT2D eigenvalue weighted by Gasteiger charge is -2.34. The van der Waals surface area contributed by atoms with E-state index in [1.807, 2.05) is 13.0 Å². The van der Waals surface area contributed by atoms with E-state index < -0.39 is 18.1 Å². The lowest BCUT2D eigenvalue weighted by Crippen LogP contribution is -2.46. The van der Waals surface area contributed by atoms with Crippen molar-refractivity contribution in [3.8, 4) is 0 Å². The summed E-state index contributed by atoms with van der Waals surface area (Å²) in [5, 5.41) is 2.53. The van der Waals surface area contributed by atoms with Crippen molar-refractivity contribution in [2.45, 2.75) is 93.2 Å². The number of allylic oxidation sites excluding steroid dienone is 7. The van der Waals surface area contributed by atoms with E-state index in [1.165, 1.54) is 24.8 Å². The maximum atomic E-state index is 12.0. The highest BCUT2D eigenvalue weighted by atomic mass is 16.5. The predicted molar refractivity (Wildman–Crippen MR) is 133 cm³/mol. The molecule has 3 atom stereocenters. The van der Waals surface area contributed by atoms with Gasteiger partial charge in [-0.25, -0.2) is 4.79 Å². The maximum Gasteiger partial charge on any atom is 0.328 e. The van der Waals surface area contributed by atoms with E-state index in [0.717, 1.165) is 12.0 Å². The van der Waals surface area contributed by atoms with Crippen molar-refractivity contribution >= 4 is 11.9 Å². The summed E-state index contributed by atoms with van der Waals surface area (Å²) in [4.78, 5) is 23.5. The molecule has 0 heterocycles. The SMILES string of the molecule is CC(C=CC(C)C(C)=CCC1=C(C)CCCC1(C)C)=CCOC(=O)[C@H](C)NC(=O)[C@H](C)N. The molecule has 0 fully saturated rings. The number of hydrogen-bond acceptors (Lipinski definition) is 4. The molecule has 5 nitrogen and oxygen atoms in total. The highest BCUT2D eigenvalue weighted by molar-refractivity contribution is 5.86. The van der Waals surface area contributed by atoms with Crippen LogP contribution in [0.1, 0.15) is 81.1 Å². The first-order valence-electron chi connectivity index (χ1n) is 11.8. The van der Waals surface area contributed by atoms with Crippen molar-refractivity contribution in [1.29, 1.82) is 0 Å². The van der Waals surface area contributed by atoms with E-state index in [-0.39, 0.29) is 12.5 Å². The fourth-order valence-corrected chi connectivity index (χ4v) is 3.87. The zero-order valence-electron chi connectivity index (χ0n) is 21.4. The Balaban J connectivity index is 2.56. The molecule has 0 aromatic carbocycles. The first-order valence-corrected chi connectivity index (χ1v) is 11.8. The lowest BCUT2D eigenvalue weighted by atomic mass is 9.71. The lowest BCUT2D eigenvalue weighted by molar-refractivity contribution is -0.146. The van der Waals surface area contributed by atoms with Gasteiger partial charge in [-0.15, -0.1) is 0 Å². The molecule has 1 amide bonds. The van der Waals surface area contributed by atoms with Crippen molar-refractivity contribution in [1.82, 2.24) is 5.32 Å². The average molecular weight is 445 g/mol. The Morgan fingerprint density at radius 3 is 2.44 bits per heavy atom. The zero-order valence-corrected chi connectivity index (χ0v) is 21.4. The summed E-state index contributed by atoms with van der Waals surface area (Å²) in [6.07, 6.45) is 13.3. The Labute approximate surface area is 195 Å². The fourth-order valence-electron chi connectivity index (χ4n) is 3.87. The molecule has 1 aliphatic carbocycles. The van der Waals surface area contributed by atoms with Crippen LogP contribution in [0.25, 0.3) is 0 Å². The number of nitrogens with two attached hydrogens (primary N) is 1. The second-order valence-electron chi connectivity index (χ2n) is 9.89. The van der Waals surface area contributed by atoms with Crippen LogP contribution in [0.2, 0.25) is 0 Å². The number of rotatable bonds is 10. The van der Waals surface area contributed by atoms with E-state index >= 15 is 0 Å². The summed E-state index contributed by atoms with van der Waals surface area (Å²) in [5.41, 5.74) is 11.3. The molecular weight excluding hydrogens is 400 g/mol. The molecule has 5 heteroatoms. The first-order chi connectivity index (χ1) is 14.8. The van der Waals surface area contributed by atoms with E-state index in [9.17, 15) is 9.59 Å². The number of ether oxygens (including phenoxy) is 1. The van der Waals surface area contributed by atoms with Crippen LogP contribution in [-0.4, -0.2) is 30.6 Å². The maximum absolute atomic E-state index is 12.0. The van der Waals surface area contributed by atoms with Gasteiger partial charge < -0.3 is 15.8 Å². The summed E-state index contributed by atoms with van der Waals surface area (Å²) < 4.78 is 5.22. The van der Waals surface area contributed by atoms with Gasteiger partial charge in [0.2, 0.25) is 5.91 Å². The van der Waals surface area contributed by atoms with Crippen molar-refractivity contribution in [2.75, 3.05) is 6.61 Å². The second-order valence-corrected chi connectivity index (χ2v) is 9.89. The summed E-state index contributed by atoms with van der Waals surface area (Å²) in [5.74, 6) is -0.517. The molecular formula is C27H44N2O3. The average Bonchev–Trinajstić information content (AvgIpc) is 2.70. The van der Waals surface area contributed by atoms with E-state index in [2.05, 4.69) is 58.2 Å². The van der Waals surface area contributed by atoms with Gasteiger partial charge >= 0.3 is 5.97 Å². The minimum Gasteiger partial charge on any atom is -0.460 e. The van der Waals surface area contributed by atoms with Crippen molar-refractivity contribution in [3.05, 3.63) is 46.6 Å². The molecule has 0 saturated heterocycles. The van der Waals surface area contributed by atoms with Gasteiger partial charge in [0, 0.05) is 0 Å². The van der Waals surface area contributed by atoms with Crippen LogP contribution < -0.4 is 11.1 Å². The molecule has 1 unspecified atom stereocenters. The van der Waals surface area contributed by atoms with Crippen molar-refractivity contribution < 1.29 is 14.3 Å². The van der Waals surface area contributed by atoms with E-state index in [1.54, 1.807) is 25.0 Å². The molecule has 0 bridgehead atoms. The van der Waals surface area contributed by atoms with Gasteiger partial charge in [0.15, 0.2) is 0 Å². The van der Waals surface area contributed by atoms with Crippen LogP contribution in [0, 0.1) is 11.3 Å². The van der Waals surface area contributed by atoms with Crippen LogP contribution in [0.3, 0.4) is 0 Å². The Kier molecular flexibility index (Phi) is 11.1. The first kappa shape index (κ1) is 27.9. The second kappa shape index (κ2) is 12.8. The molecule has 0 saturated carbocycles. The minimum absolute atomic E-state index is 0.166. The normalized spacial score (nSPS) is 20.2. The number of carbonyl (C=O) groups excluding carboxylic acids is 2. The monoisotopic (exact) mass is 444 g/mol. The molecule has 0 aromatic heterocycles. The van der Waals surface area contributed by atoms with Crippen LogP contribution >= 0.6 is 0 Å². The quantitative estimate of drug-likeness (QED) is 0.269. The van der Waals surface area contributed by atoms with Crippen LogP contribution in [0.4, 0.5) is 0 Å². The molecule has 0 aromatic rings. The fraction of sp³-hybridized carbons (Fsp3) is 0.630. The molecule has 180 valence electrons. The molecule has 0 aliphatic heterocycles. The highest BCUT2D eigenvalue weighted by Crippen LogP contribution is 2.42. The Hall–Kier alpha value is -2.14. The summed E-state index contributed by atoms with van der Waals surface area (Å²) in [6, 6.07) is -1.38. The number of amides is 1. The van der Waals surface area contributed by atoms with Crippen LogP contribution in [0.5, 0.6) is 0 Å². The summed E-state index contributed by atoms with van der Waals surface area (Å²) in [6.45, 7) is 16.7. The Bertz CT molecular complexity index is 785. The van der Waals surface area contributed by atoms with Crippen LogP contribution in [-0.2, 0) is 14.3 Å². The van der Waals surface area contributed by atoms with Gasteiger partial charge in [0.05, 0.1) is 6.04 Å². The number of hydrogen-bond donors (Lipinski definition) is 2. The highest BCUT2D eigenvalue weighted by Gasteiger charge is 2.27. The van der Waals surface area contributed by atoms with Crippen LogP contribution in [0.15, 0.2) is 46.6 Å². The summed E-state index contributed by atoms with van der Waals surface area (Å²) >= 11 is 0. The van der Waals surface area contributed by atoms with E-state index in [0.29, 0.717) is 11.3 Å². The van der Waals surface area contributed by atoms with Gasteiger partial charge in [-0.1, -0.05) is 61.3 Å². The van der Waals surface area contributed by atoms with Gasteiger partial charge in [-0.2, -0.15) is 0 Å². The van der Waals surface area contributed by atoms with Gasteiger partial charge in [-0.05, 0) is 77.7 Å². The summed E-state index contributed by atoms with van der Waals surface area (Å²) in [7, 11) is 0. The topological polar surface area (TPSA) is 81.4 Å². The third-order valence-corrected chi connectivity index (χ3v) is 6.44. The van der Waals surface area contributed by atoms with Gasteiger partial charge in [0.25, 0.3) is 0 Å². The number of nitrogens with one attached hydrogen (secondary N) is 1. The third-order valence-electron chi connectivity index (χ3n) is 6.44. The molecule has 1 rings (SSSR count). The van der Waals surface area contributed by atoms with Gasteiger partial charge in [-0.3, -0.25) is 4.79 Å². The van der Waals surface area contributed by atoms with Crippen molar-refractivity contribution in [3.63, 3.8) is 0 Å².